The van der Waals surface area contributed by atoms with Gasteiger partial charge < -0.3 is 0 Å². The standard InChI is InChI=1S/C19H18F4N4/c1-12-8-17(19(21,22)23)27-18(24-12)10-15(25-27)16-6-3-7-26(16)11-13-4-2-5-14(20)9-13/h2,4-5,8-10,16H,3,6-7,11H2,1H3. The number of hydrogen-bond donors (Lipinski definition) is 0. The van der Waals surface area contributed by atoms with Crippen LogP contribution in [0.4, 0.5) is 17.6 Å². The fraction of sp³-hybridized carbons (Fsp3) is 0.368. The third-order valence-corrected chi connectivity index (χ3v) is 4.84. The molecule has 1 unspecified atom stereocenters. The topological polar surface area (TPSA) is 33.4 Å². The summed E-state index contributed by atoms with van der Waals surface area (Å²) in [6, 6.07) is 8.87. The second-order valence-electron chi connectivity index (χ2n) is 6.88. The second kappa shape index (κ2) is 6.60. The maximum atomic E-state index is 13.4. The van der Waals surface area contributed by atoms with Crippen LogP contribution in [-0.2, 0) is 12.7 Å². The largest absolute Gasteiger partial charge is 0.433 e. The summed E-state index contributed by atoms with van der Waals surface area (Å²) in [7, 11) is 0. The Bertz CT molecular complexity index is 979. The van der Waals surface area contributed by atoms with Crippen LogP contribution in [0.25, 0.3) is 5.65 Å². The molecule has 0 bridgehead atoms. The van der Waals surface area contributed by atoms with Crippen LogP contribution < -0.4 is 0 Å². The van der Waals surface area contributed by atoms with E-state index in [2.05, 4.69) is 15.0 Å². The highest BCUT2D eigenvalue weighted by Crippen LogP contribution is 2.35. The Morgan fingerprint density at radius 3 is 2.74 bits per heavy atom. The Morgan fingerprint density at radius 1 is 1.19 bits per heavy atom. The fourth-order valence-electron chi connectivity index (χ4n) is 3.70. The number of fused-ring (bicyclic) bond motifs is 1. The Kier molecular flexibility index (Phi) is 4.38. The second-order valence-corrected chi connectivity index (χ2v) is 6.88. The van der Waals surface area contributed by atoms with Crippen molar-refractivity contribution in [2.24, 2.45) is 0 Å². The lowest BCUT2D eigenvalue weighted by Crippen LogP contribution is -2.23. The molecule has 4 rings (SSSR count). The van der Waals surface area contributed by atoms with Gasteiger partial charge in [-0.05, 0) is 50.1 Å². The fourth-order valence-corrected chi connectivity index (χ4v) is 3.70. The van der Waals surface area contributed by atoms with Crippen LogP contribution in [0.1, 0.15) is 41.5 Å². The monoisotopic (exact) mass is 378 g/mol. The van der Waals surface area contributed by atoms with Crippen molar-refractivity contribution in [1.82, 2.24) is 19.5 Å². The van der Waals surface area contributed by atoms with Gasteiger partial charge in [0.1, 0.15) is 11.5 Å². The van der Waals surface area contributed by atoms with Gasteiger partial charge in [-0.15, -0.1) is 0 Å². The molecule has 0 N–H and O–H groups in total. The summed E-state index contributed by atoms with van der Waals surface area (Å²) in [5.74, 6) is -0.300. The summed E-state index contributed by atoms with van der Waals surface area (Å²) in [5.41, 5.74) is 1.05. The molecular formula is C19H18F4N4. The van der Waals surface area contributed by atoms with Crippen molar-refractivity contribution in [2.75, 3.05) is 6.54 Å². The van der Waals surface area contributed by atoms with E-state index in [-0.39, 0.29) is 17.5 Å². The van der Waals surface area contributed by atoms with Gasteiger partial charge in [0, 0.05) is 18.3 Å². The van der Waals surface area contributed by atoms with Crippen molar-refractivity contribution in [2.45, 2.75) is 38.5 Å². The lowest BCUT2D eigenvalue weighted by Gasteiger charge is -2.23. The van der Waals surface area contributed by atoms with E-state index >= 15 is 0 Å². The van der Waals surface area contributed by atoms with Crippen LogP contribution in [-0.4, -0.2) is 26.0 Å². The van der Waals surface area contributed by atoms with E-state index in [9.17, 15) is 17.6 Å². The molecule has 0 saturated carbocycles. The molecule has 3 aromatic rings. The number of likely N-dealkylation sites (tertiary alicyclic amines) is 1. The van der Waals surface area contributed by atoms with Crippen molar-refractivity contribution in [3.8, 4) is 0 Å². The molecule has 3 heterocycles. The van der Waals surface area contributed by atoms with Crippen LogP contribution in [0, 0.1) is 12.7 Å². The number of aryl methyl sites for hydroxylation is 1. The number of nitrogens with zero attached hydrogens (tertiary/aromatic N) is 4. The van der Waals surface area contributed by atoms with Crippen LogP contribution in [0.5, 0.6) is 0 Å². The molecule has 0 spiro atoms. The molecule has 27 heavy (non-hydrogen) atoms. The smallest absolute Gasteiger partial charge is 0.290 e. The van der Waals surface area contributed by atoms with E-state index in [1.165, 1.54) is 19.1 Å². The summed E-state index contributed by atoms with van der Waals surface area (Å²) in [6.45, 7) is 2.84. The van der Waals surface area contributed by atoms with E-state index in [1.54, 1.807) is 12.1 Å². The van der Waals surface area contributed by atoms with Gasteiger partial charge in [0.2, 0.25) is 0 Å². The zero-order chi connectivity index (χ0) is 19.2. The minimum Gasteiger partial charge on any atom is -0.290 e. The Hall–Kier alpha value is -2.48. The van der Waals surface area contributed by atoms with Gasteiger partial charge in [-0.2, -0.15) is 18.3 Å². The van der Waals surface area contributed by atoms with Crippen molar-refractivity contribution in [3.63, 3.8) is 0 Å². The average Bonchev–Trinajstić information content (AvgIpc) is 3.19. The normalized spacial score (nSPS) is 18.5. The maximum Gasteiger partial charge on any atom is 0.433 e. The first-order chi connectivity index (χ1) is 12.8. The lowest BCUT2D eigenvalue weighted by atomic mass is 10.1. The minimum atomic E-state index is -4.51. The molecule has 1 aliphatic rings. The zero-order valence-electron chi connectivity index (χ0n) is 14.7. The predicted octanol–water partition coefficient (Wildman–Crippen LogP) is 4.53. The van der Waals surface area contributed by atoms with Gasteiger partial charge in [0.25, 0.3) is 0 Å². The third kappa shape index (κ3) is 3.53. The first kappa shape index (κ1) is 17.9. The first-order valence-electron chi connectivity index (χ1n) is 8.74. The average molecular weight is 378 g/mol. The van der Waals surface area contributed by atoms with Gasteiger partial charge in [-0.1, -0.05) is 12.1 Å². The number of aromatic nitrogens is 3. The summed E-state index contributed by atoms with van der Waals surface area (Å²) < 4.78 is 54.4. The highest BCUT2D eigenvalue weighted by molar-refractivity contribution is 5.43. The maximum absolute atomic E-state index is 13.4. The van der Waals surface area contributed by atoms with E-state index in [0.717, 1.165) is 35.5 Å². The van der Waals surface area contributed by atoms with Crippen molar-refractivity contribution in [1.29, 1.82) is 0 Å². The van der Waals surface area contributed by atoms with E-state index in [0.29, 0.717) is 17.9 Å². The van der Waals surface area contributed by atoms with Crippen LogP contribution in [0.15, 0.2) is 36.4 Å². The summed E-state index contributed by atoms with van der Waals surface area (Å²) in [5, 5.41) is 4.23. The van der Waals surface area contributed by atoms with E-state index in [1.807, 2.05) is 6.07 Å². The van der Waals surface area contributed by atoms with Crippen molar-refractivity contribution in [3.05, 3.63) is 64.9 Å². The molecule has 4 nitrogen and oxygen atoms in total. The lowest BCUT2D eigenvalue weighted by molar-refractivity contribution is -0.142. The molecule has 1 atom stereocenters. The van der Waals surface area contributed by atoms with E-state index in [4.69, 9.17) is 0 Å². The molecule has 8 heteroatoms. The van der Waals surface area contributed by atoms with Crippen molar-refractivity contribution >= 4 is 5.65 Å². The molecule has 1 aliphatic heterocycles. The number of benzene rings is 1. The van der Waals surface area contributed by atoms with Gasteiger partial charge in [0.05, 0.1) is 11.7 Å². The highest BCUT2D eigenvalue weighted by Gasteiger charge is 2.36. The number of alkyl halides is 3. The number of rotatable bonds is 3. The van der Waals surface area contributed by atoms with Gasteiger partial charge in [-0.3, -0.25) is 4.90 Å². The van der Waals surface area contributed by atoms with Crippen LogP contribution >= 0.6 is 0 Å². The molecular weight excluding hydrogens is 360 g/mol. The van der Waals surface area contributed by atoms with Crippen LogP contribution in [0.2, 0.25) is 0 Å². The molecule has 0 radical (unpaired) electrons. The summed E-state index contributed by atoms with van der Waals surface area (Å²) in [6.07, 6.45) is -2.81. The Balaban J connectivity index is 1.69. The molecule has 142 valence electrons. The number of halogens is 4. The molecule has 1 saturated heterocycles. The molecule has 1 fully saturated rings. The molecule has 2 aromatic heterocycles. The first-order valence-corrected chi connectivity index (χ1v) is 8.74. The predicted molar refractivity (Wildman–Crippen MR) is 91.5 cm³/mol. The highest BCUT2D eigenvalue weighted by atomic mass is 19.4. The molecule has 0 aliphatic carbocycles. The van der Waals surface area contributed by atoms with Gasteiger partial charge >= 0.3 is 6.18 Å². The summed E-state index contributed by atoms with van der Waals surface area (Å²) in [4.78, 5) is 6.32. The SMILES string of the molecule is Cc1cc(C(F)(F)F)n2nc(C3CCCN3Cc3cccc(F)c3)cc2n1. The molecule has 1 aromatic carbocycles. The number of hydrogen-bond acceptors (Lipinski definition) is 3. The third-order valence-electron chi connectivity index (χ3n) is 4.84. The quantitative estimate of drug-likeness (QED) is 0.628. The van der Waals surface area contributed by atoms with Gasteiger partial charge in [-0.25, -0.2) is 13.9 Å². The van der Waals surface area contributed by atoms with Gasteiger partial charge in [0.15, 0.2) is 5.65 Å². The molecule has 0 amide bonds. The van der Waals surface area contributed by atoms with Crippen molar-refractivity contribution < 1.29 is 17.6 Å². The zero-order valence-corrected chi connectivity index (χ0v) is 14.7. The summed E-state index contributed by atoms with van der Waals surface area (Å²) >= 11 is 0. The minimum absolute atomic E-state index is 0.114. The Labute approximate surface area is 153 Å². The Morgan fingerprint density at radius 2 is 2.00 bits per heavy atom. The van der Waals surface area contributed by atoms with E-state index < -0.39 is 11.9 Å². The van der Waals surface area contributed by atoms with Crippen LogP contribution in [0.3, 0.4) is 0 Å².